The second-order valence-corrected chi connectivity index (χ2v) is 1.45. The summed E-state index contributed by atoms with van der Waals surface area (Å²) in [5.74, 6) is -1.67. The van der Waals surface area contributed by atoms with Crippen molar-refractivity contribution in [3.63, 3.8) is 0 Å². The molecule has 0 aliphatic heterocycles. The lowest BCUT2D eigenvalue weighted by Gasteiger charge is -1.59. The van der Waals surface area contributed by atoms with E-state index in [9.17, 15) is 0 Å². The Morgan fingerprint density at radius 3 is 1.15 bits per heavy atom. The summed E-state index contributed by atoms with van der Waals surface area (Å²) in [6.07, 6.45) is 1.75. The summed E-state index contributed by atoms with van der Waals surface area (Å²) in [4.78, 5) is 18.0. The number of carboxylic acids is 2. The Balaban J connectivity index is -0.0000000231. The predicted molar refractivity (Wildman–Crippen MR) is 51.1 cm³/mol. The van der Waals surface area contributed by atoms with Gasteiger partial charge in [-0.3, -0.25) is 9.59 Å². The molecule has 6 nitrogen and oxygen atoms in total. The average molecular weight is 197 g/mol. The van der Waals surface area contributed by atoms with Gasteiger partial charge in [-0.25, -0.2) is 0 Å². The molecular weight excluding hydrogens is 178 g/mol. The van der Waals surface area contributed by atoms with Crippen LogP contribution in [0.25, 0.3) is 0 Å². The van der Waals surface area contributed by atoms with Crippen LogP contribution in [-0.4, -0.2) is 27.6 Å². The van der Waals surface area contributed by atoms with Gasteiger partial charge in [0.25, 0.3) is 11.9 Å². The third-order valence-corrected chi connectivity index (χ3v) is 0. The van der Waals surface area contributed by atoms with Crippen molar-refractivity contribution >= 4 is 11.9 Å². The fourth-order valence-corrected chi connectivity index (χ4v) is 0. The van der Waals surface area contributed by atoms with Gasteiger partial charge < -0.3 is 21.8 Å². The smallest absolute Gasteiger partial charge is 0.300 e. The second kappa shape index (κ2) is 31.2. The number of hydrogen-bond donors (Lipinski definition) is 3. The van der Waals surface area contributed by atoms with Crippen molar-refractivity contribution in [3.05, 3.63) is 12.7 Å². The zero-order valence-electron chi connectivity index (χ0n) is 8.20. The molecule has 0 aliphatic carbocycles. The minimum atomic E-state index is -0.833. The molecule has 6 heteroatoms. The van der Waals surface area contributed by atoms with Crippen LogP contribution in [0.2, 0.25) is 0 Å². The van der Waals surface area contributed by atoms with Crippen LogP contribution in [0.1, 0.15) is 20.8 Å². The van der Waals surface area contributed by atoms with Gasteiger partial charge in [0, 0.05) is 13.8 Å². The highest BCUT2D eigenvalue weighted by atomic mass is 16.4. The summed E-state index contributed by atoms with van der Waals surface area (Å²) in [7, 11) is 0. The molecular formula is C7H19NO5. The molecule has 0 fully saturated rings. The van der Waals surface area contributed by atoms with E-state index < -0.39 is 11.9 Å². The van der Waals surface area contributed by atoms with Gasteiger partial charge in [0.1, 0.15) is 0 Å². The van der Waals surface area contributed by atoms with E-state index in [1.54, 1.807) is 6.08 Å². The van der Waals surface area contributed by atoms with E-state index in [-0.39, 0.29) is 11.6 Å². The summed E-state index contributed by atoms with van der Waals surface area (Å²) in [5.41, 5.74) is 0. The van der Waals surface area contributed by atoms with Gasteiger partial charge >= 0.3 is 0 Å². The quantitative estimate of drug-likeness (QED) is 0.490. The standard InChI is InChI=1S/C3H6.2C2H4O2.H3N.H2O/c1-3-2;2*1-2(3)4;;/h3H,1H2,2H3;2*1H3,(H,3,4);1H3;1H2. The van der Waals surface area contributed by atoms with Crippen LogP contribution in [-0.2, 0) is 9.59 Å². The molecule has 0 aromatic rings. The molecule has 0 atom stereocenters. The number of rotatable bonds is 0. The Labute approximate surface area is 77.8 Å². The van der Waals surface area contributed by atoms with E-state index >= 15 is 0 Å². The minimum Gasteiger partial charge on any atom is -0.481 e. The van der Waals surface area contributed by atoms with Gasteiger partial charge in [0.2, 0.25) is 0 Å². The topological polar surface area (TPSA) is 141 Å². The first kappa shape index (κ1) is 29.9. The fraction of sp³-hybridized carbons (Fsp3) is 0.429. The highest BCUT2D eigenvalue weighted by Crippen LogP contribution is 1.42. The van der Waals surface area contributed by atoms with E-state index in [1.165, 1.54) is 0 Å². The van der Waals surface area contributed by atoms with E-state index in [2.05, 4.69) is 6.58 Å². The Kier molecular flexibility index (Phi) is 71.7. The van der Waals surface area contributed by atoms with E-state index in [4.69, 9.17) is 19.8 Å². The predicted octanol–water partition coefficient (Wildman–Crippen LogP) is 0.711. The van der Waals surface area contributed by atoms with Crippen molar-refractivity contribution in [1.82, 2.24) is 6.15 Å². The van der Waals surface area contributed by atoms with Gasteiger partial charge in [-0.2, -0.15) is 0 Å². The molecule has 0 unspecified atom stereocenters. The van der Waals surface area contributed by atoms with Crippen molar-refractivity contribution in [1.29, 1.82) is 0 Å². The van der Waals surface area contributed by atoms with Gasteiger partial charge in [-0.15, -0.1) is 6.58 Å². The van der Waals surface area contributed by atoms with E-state index in [0.29, 0.717) is 0 Å². The first-order valence-electron chi connectivity index (χ1n) is 2.84. The van der Waals surface area contributed by atoms with Crippen LogP contribution in [0, 0.1) is 0 Å². The SMILES string of the molecule is C=CC.CC(=O)O.CC(=O)O.N.O. The molecule has 0 saturated carbocycles. The summed E-state index contributed by atoms with van der Waals surface area (Å²) >= 11 is 0. The van der Waals surface area contributed by atoms with Crippen LogP contribution >= 0.6 is 0 Å². The van der Waals surface area contributed by atoms with Crippen LogP contribution in [0.5, 0.6) is 0 Å². The molecule has 0 bridgehead atoms. The highest BCUT2D eigenvalue weighted by molar-refractivity contribution is 5.63. The first-order chi connectivity index (χ1) is 4.88. The lowest BCUT2D eigenvalue weighted by Crippen LogP contribution is -1.78. The number of allylic oxidation sites excluding steroid dienone is 1. The molecule has 0 spiro atoms. The lowest BCUT2D eigenvalue weighted by atomic mass is 10.8. The maximum absolute atomic E-state index is 9.00. The van der Waals surface area contributed by atoms with Crippen LogP contribution < -0.4 is 6.15 Å². The zero-order chi connectivity index (χ0) is 9.86. The van der Waals surface area contributed by atoms with Gasteiger partial charge in [-0.1, -0.05) is 6.08 Å². The third kappa shape index (κ3) is 400. The molecule has 0 rings (SSSR count). The van der Waals surface area contributed by atoms with Gasteiger partial charge in [-0.05, 0) is 6.92 Å². The lowest BCUT2D eigenvalue weighted by molar-refractivity contribution is -0.135. The maximum Gasteiger partial charge on any atom is 0.300 e. The number of carboxylic acid groups (broad SMARTS) is 2. The molecule has 0 aromatic heterocycles. The number of carbonyl (C=O) groups is 2. The molecule has 0 heterocycles. The molecule has 0 aromatic carbocycles. The maximum atomic E-state index is 9.00. The summed E-state index contributed by atoms with van der Waals surface area (Å²) < 4.78 is 0. The van der Waals surface area contributed by atoms with Crippen molar-refractivity contribution in [2.45, 2.75) is 20.8 Å². The summed E-state index contributed by atoms with van der Waals surface area (Å²) in [6, 6.07) is 0. The van der Waals surface area contributed by atoms with Crippen molar-refractivity contribution < 1.29 is 25.3 Å². The molecule has 13 heavy (non-hydrogen) atoms. The van der Waals surface area contributed by atoms with Crippen LogP contribution in [0.4, 0.5) is 0 Å². The normalized spacial score (nSPS) is 4.85. The molecule has 0 saturated heterocycles. The van der Waals surface area contributed by atoms with Crippen LogP contribution in [0.3, 0.4) is 0 Å². The largest absolute Gasteiger partial charge is 0.481 e. The third-order valence-electron chi connectivity index (χ3n) is 0. The minimum absolute atomic E-state index is 0. The second-order valence-electron chi connectivity index (χ2n) is 1.45. The zero-order valence-corrected chi connectivity index (χ0v) is 8.20. The Bertz CT molecular complexity index is 104. The van der Waals surface area contributed by atoms with Gasteiger partial charge in [0.05, 0.1) is 0 Å². The van der Waals surface area contributed by atoms with E-state index in [1.807, 2.05) is 6.92 Å². The number of aliphatic carboxylic acids is 2. The molecule has 82 valence electrons. The monoisotopic (exact) mass is 197 g/mol. The van der Waals surface area contributed by atoms with Crippen molar-refractivity contribution in [2.75, 3.05) is 0 Å². The Hall–Kier alpha value is -1.40. The molecule has 0 radical (unpaired) electrons. The van der Waals surface area contributed by atoms with Crippen molar-refractivity contribution in [2.24, 2.45) is 0 Å². The first-order valence-corrected chi connectivity index (χ1v) is 2.84. The van der Waals surface area contributed by atoms with E-state index in [0.717, 1.165) is 13.8 Å². The molecule has 0 aliphatic rings. The summed E-state index contributed by atoms with van der Waals surface area (Å²) in [5, 5.41) is 14.8. The fourth-order valence-electron chi connectivity index (χ4n) is 0. The molecule has 0 amide bonds. The highest BCUT2D eigenvalue weighted by Gasteiger charge is 1.65. The Morgan fingerprint density at radius 2 is 1.15 bits per heavy atom. The molecule has 7 N–H and O–H groups in total. The average Bonchev–Trinajstić information content (AvgIpc) is 1.60. The number of hydrogen-bond acceptors (Lipinski definition) is 3. The van der Waals surface area contributed by atoms with Crippen LogP contribution in [0.15, 0.2) is 12.7 Å². The van der Waals surface area contributed by atoms with Crippen molar-refractivity contribution in [3.8, 4) is 0 Å². The van der Waals surface area contributed by atoms with Gasteiger partial charge in [0.15, 0.2) is 0 Å². The Morgan fingerprint density at radius 1 is 1.15 bits per heavy atom. The summed E-state index contributed by atoms with van der Waals surface area (Å²) in [6.45, 7) is 7.42.